The Morgan fingerprint density at radius 1 is 1.55 bits per heavy atom. The topological polar surface area (TPSA) is 32.5 Å². The van der Waals surface area contributed by atoms with Crippen LogP contribution in [0.2, 0.25) is 0 Å². The molecule has 0 radical (unpaired) electrons. The SMILES string of the molecule is CN(C)CCN1CC[C@H](N)C1. The van der Waals surface area contributed by atoms with Gasteiger partial charge in [0.2, 0.25) is 0 Å². The van der Waals surface area contributed by atoms with Crippen LogP contribution in [0.3, 0.4) is 0 Å². The lowest BCUT2D eigenvalue weighted by Crippen LogP contribution is -2.32. The van der Waals surface area contributed by atoms with Crippen molar-refractivity contribution in [3.05, 3.63) is 0 Å². The summed E-state index contributed by atoms with van der Waals surface area (Å²) in [6, 6.07) is 0.428. The molecule has 0 spiro atoms. The van der Waals surface area contributed by atoms with Crippen LogP contribution >= 0.6 is 0 Å². The molecule has 0 aromatic carbocycles. The summed E-state index contributed by atoms with van der Waals surface area (Å²) >= 11 is 0. The third-order valence-corrected chi connectivity index (χ3v) is 2.17. The second kappa shape index (κ2) is 4.04. The molecule has 0 aromatic heterocycles. The van der Waals surface area contributed by atoms with E-state index in [9.17, 15) is 0 Å². The standard InChI is InChI=1S/C8H19N3/c1-10(2)5-6-11-4-3-8(9)7-11/h8H,3-7,9H2,1-2H3/t8-/m0/s1. The van der Waals surface area contributed by atoms with Crippen LogP contribution in [-0.4, -0.2) is 56.1 Å². The maximum atomic E-state index is 5.78. The van der Waals surface area contributed by atoms with E-state index in [2.05, 4.69) is 23.9 Å². The third kappa shape index (κ3) is 3.18. The fraction of sp³-hybridized carbons (Fsp3) is 1.00. The zero-order valence-corrected chi connectivity index (χ0v) is 7.58. The van der Waals surface area contributed by atoms with Crippen LogP contribution in [0.1, 0.15) is 6.42 Å². The maximum absolute atomic E-state index is 5.78. The Labute approximate surface area is 69.1 Å². The summed E-state index contributed by atoms with van der Waals surface area (Å²) < 4.78 is 0. The van der Waals surface area contributed by atoms with E-state index in [1.807, 2.05) is 0 Å². The van der Waals surface area contributed by atoms with Crippen LogP contribution < -0.4 is 5.73 Å². The van der Waals surface area contributed by atoms with Crippen LogP contribution in [0.25, 0.3) is 0 Å². The summed E-state index contributed by atoms with van der Waals surface area (Å²) in [5.41, 5.74) is 5.78. The van der Waals surface area contributed by atoms with Gasteiger partial charge in [-0.1, -0.05) is 0 Å². The lowest BCUT2D eigenvalue weighted by molar-refractivity contribution is 0.281. The van der Waals surface area contributed by atoms with Gasteiger partial charge in [0.1, 0.15) is 0 Å². The normalized spacial score (nSPS) is 26.7. The van der Waals surface area contributed by atoms with Crippen molar-refractivity contribution in [1.82, 2.24) is 9.80 Å². The predicted molar refractivity (Wildman–Crippen MR) is 47.6 cm³/mol. The monoisotopic (exact) mass is 157 g/mol. The summed E-state index contributed by atoms with van der Waals surface area (Å²) in [5, 5.41) is 0. The number of likely N-dealkylation sites (N-methyl/N-ethyl adjacent to an activating group) is 1. The van der Waals surface area contributed by atoms with Gasteiger partial charge in [-0.2, -0.15) is 0 Å². The fourth-order valence-electron chi connectivity index (χ4n) is 1.41. The zero-order chi connectivity index (χ0) is 8.27. The summed E-state index contributed by atoms with van der Waals surface area (Å²) in [6.07, 6.45) is 1.17. The van der Waals surface area contributed by atoms with Gasteiger partial charge >= 0.3 is 0 Å². The Morgan fingerprint density at radius 3 is 2.73 bits per heavy atom. The molecular formula is C8H19N3. The van der Waals surface area contributed by atoms with E-state index in [1.165, 1.54) is 19.5 Å². The van der Waals surface area contributed by atoms with Crippen LogP contribution in [0, 0.1) is 0 Å². The molecule has 3 heteroatoms. The molecule has 0 saturated carbocycles. The van der Waals surface area contributed by atoms with E-state index in [0.717, 1.165) is 13.1 Å². The number of nitrogens with zero attached hydrogens (tertiary/aromatic N) is 2. The van der Waals surface area contributed by atoms with Gasteiger partial charge in [0.15, 0.2) is 0 Å². The van der Waals surface area contributed by atoms with Crippen molar-refractivity contribution >= 4 is 0 Å². The van der Waals surface area contributed by atoms with Gasteiger partial charge in [-0.05, 0) is 27.1 Å². The molecular weight excluding hydrogens is 138 g/mol. The average Bonchev–Trinajstić information content (AvgIpc) is 2.31. The first-order valence-electron chi connectivity index (χ1n) is 4.31. The second-order valence-electron chi connectivity index (χ2n) is 3.65. The van der Waals surface area contributed by atoms with Crippen molar-refractivity contribution in [2.24, 2.45) is 5.73 Å². The molecule has 0 unspecified atom stereocenters. The number of rotatable bonds is 3. The molecule has 11 heavy (non-hydrogen) atoms. The van der Waals surface area contributed by atoms with Gasteiger partial charge in [0, 0.05) is 25.7 Å². The highest BCUT2D eigenvalue weighted by Gasteiger charge is 2.17. The van der Waals surface area contributed by atoms with Crippen molar-refractivity contribution in [1.29, 1.82) is 0 Å². The van der Waals surface area contributed by atoms with Crippen LogP contribution in [0.4, 0.5) is 0 Å². The zero-order valence-electron chi connectivity index (χ0n) is 7.58. The summed E-state index contributed by atoms with van der Waals surface area (Å²) in [5.74, 6) is 0. The second-order valence-corrected chi connectivity index (χ2v) is 3.65. The van der Waals surface area contributed by atoms with Crippen molar-refractivity contribution in [2.45, 2.75) is 12.5 Å². The van der Waals surface area contributed by atoms with E-state index in [0.29, 0.717) is 6.04 Å². The Morgan fingerprint density at radius 2 is 2.27 bits per heavy atom. The van der Waals surface area contributed by atoms with Crippen molar-refractivity contribution in [2.75, 3.05) is 40.3 Å². The maximum Gasteiger partial charge on any atom is 0.0180 e. The molecule has 1 heterocycles. The number of nitrogens with two attached hydrogens (primary N) is 1. The van der Waals surface area contributed by atoms with Crippen molar-refractivity contribution < 1.29 is 0 Å². The smallest absolute Gasteiger partial charge is 0.0180 e. The minimum absolute atomic E-state index is 0.428. The first-order valence-corrected chi connectivity index (χ1v) is 4.31. The lowest BCUT2D eigenvalue weighted by atomic mass is 10.3. The molecule has 66 valence electrons. The Balaban J connectivity index is 2.08. The van der Waals surface area contributed by atoms with E-state index in [1.54, 1.807) is 0 Å². The van der Waals surface area contributed by atoms with Crippen molar-refractivity contribution in [3.8, 4) is 0 Å². The lowest BCUT2D eigenvalue weighted by Gasteiger charge is -2.17. The first-order chi connectivity index (χ1) is 5.18. The predicted octanol–water partition coefficient (Wildman–Crippen LogP) is -0.419. The average molecular weight is 157 g/mol. The molecule has 1 atom stereocenters. The summed E-state index contributed by atoms with van der Waals surface area (Å²) in [7, 11) is 4.21. The molecule has 0 amide bonds. The molecule has 1 aliphatic heterocycles. The van der Waals surface area contributed by atoms with E-state index >= 15 is 0 Å². The van der Waals surface area contributed by atoms with E-state index < -0.39 is 0 Å². The molecule has 0 bridgehead atoms. The molecule has 1 saturated heterocycles. The molecule has 1 aliphatic rings. The minimum Gasteiger partial charge on any atom is -0.326 e. The number of hydrogen-bond acceptors (Lipinski definition) is 3. The molecule has 0 aliphatic carbocycles. The quantitative estimate of drug-likeness (QED) is 0.604. The van der Waals surface area contributed by atoms with Crippen LogP contribution in [0.15, 0.2) is 0 Å². The molecule has 2 N–H and O–H groups in total. The van der Waals surface area contributed by atoms with Crippen molar-refractivity contribution in [3.63, 3.8) is 0 Å². The number of likely N-dealkylation sites (tertiary alicyclic amines) is 1. The Kier molecular flexibility index (Phi) is 3.30. The van der Waals surface area contributed by atoms with E-state index in [-0.39, 0.29) is 0 Å². The van der Waals surface area contributed by atoms with Gasteiger partial charge in [0.05, 0.1) is 0 Å². The molecule has 1 rings (SSSR count). The largest absolute Gasteiger partial charge is 0.326 e. The molecule has 1 fully saturated rings. The fourth-order valence-corrected chi connectivity index (χ4v) is 1.41. The summed E-state index contributed by atoms with van der Waals surface area (Å²) in [4.78, 5) is 4.65. The summed E-state index contributed by atoms with van der Waals surface area (Å²) in [6.45, 7) is 4.59. The van der Waals surface area contributed by atoms with Crippen LogP contribution in [-0.2, 0) is 0 Å². The highest BCUT2D eigenvalue weighted by Crippen LogP contribution is 2.05. The molecule has 0 aromatic rings. The Hall–Kier alpha value is -0.120. The highest BCUT2D eigenvalue weighted by molar-refractivity contribution is 4.77. The van der Waals surface area contributed by atoms with Gasteiger partial charge in [-0.25, -0.2) is 0 Å². The van der Waals surface area contributed by atoms with Gasteiger partial charge in [0.25, 0.3) is 0 Å². The molecule has 3 nitrogen and oxygen atoms in total. The van der Waals surface area contributed by atoms with Gasteiger partial charge in [-0.15, -0.1) is 0 Å². The van der Waals surface area contributed by atoms with E-state index in [4.69, 9.17) is 5.73 Å². The number of hydrogen-bond donors (Lipinski definition) is 1. The van der Waals surface area contributed by atoms with Crippen LogP contribution in [0.5, 0.6) is 0 Å². The first kappa shape index (κ1) is 8.97. The third-order valence-electron chi connectivity index (χ3n) is 2.17. The van der Waals surface area contributed by atoms with Gasteiger partial charge in [-0.3, -0.25) is 0 Å². The Bertz CT molecular complexity index is 114. The highest BCUT2D eigenvalue weighted by atomic mass is 15.2. The van der Waals surface area contributed by atoms with Gasteiger partial charge < -0.3 is 15.5 Å². The minimum atomic E-state index is 0.428.